The normalized spacial score (nSPS) is 11.4. The summed E-state index contributed by atoms with van der Waals surface area (Å²) in [6.07, 6.45) is 18.1. The highest BCUT2D eigenvalue weighted by Gasteiger charge is 2.14. The minimum Gasteiger partial charge on any atom is -0.464 e. The van der Waals surface area contributed by atoms with Crippen LogP contribution in [0, 0.1) is 13.8 Å². The first-order chi connectivity index (χ1) is 33.4. The van der Waals surface area contributed by atoms with Gasteiger partial charge in [-0.15, -0.1) is 0 Å². The quantitative estimate of drug-likeness (QED) is 0.106. The Kier molecular flexibility index (Phi) is 11.4. The lowest BCUT2D eigenvalue weighted by atomic mass is 10.0. The van der Waals surface area contributed by atoms with Gasteiger partial charge in [-0.05, 0) is 101 Å². The zero-order valence-electron chi connectivity index (χ0n) is 37.4. The maximum Gasteiger partial charge on any atom is 0.186 e. The van der Waals surface area contributed by atoms with Crippen molar-refractivity contribution >= 4 is 55.6 Å². The minimum atomic E-state index is 0.636. The number of furan rings is 2. The Hall–Kier alpha value is -8.92. The van der Waals surface area contributed by atoms with Crippen LogP contribution in [0.4, 0.5) is 11.6 Å². The van der Waals surface area contributed by atoms with E-state index in [2.05, 4.69) is 132 Å². The predicted octanol–water partition coefficient (Wildman–Crippen LogP) is 9.57. The molecule has 0 aliphatic heterocycles. The molecular weight excluding hydrogens is 853 g/mol. The van der Waals surface area contributed by atoms with Gasteiger partial charge in [-0.2, -0.15) is 20.4 Å². The molecular formula is C52H46N14O2. The summed E-state index contributed by atoms with van der Waals surface area (Å²) in [4.78, 5) is 17.7. The Morgan fingerprint density at radius 3 is 1.59 bits per heavy atom. The molecule has 12 rings (SSSR count). The molecule has 0 radical (unpaired) electrons. The number of nitrogens with one attached hydrogen (secondary N) is 2. The van der Waals surface area contributed by atoms with E-state index < -0.39 is 0 Å². The van der Waals surface area contributed by atoms with Gasteiger partial charge >= 0.3 is 0 Å². The number of hydrogen-bond donors (Lipinski definition) is 2. The van der Waals surface area contributed by atoms with Crippen LogP contribution in [0.3, 0.4) is 0 Å². The number of hydrogen-bond acceptors (Lipinski definition) is 12. The van der Waals surface area contributed by atoms with Crippen molar-refractivity contribution in [1.82, 2.24) is 59.1 Å². The van der Waals surface area contributed by atoms with Gasteiger partial charge in [0.15, 0.2) is 11.3 Å². The highest BCUT2D eigenvalue weighted by molar-refractivity contribution is 5.87. The lowest BCUT2D eigenvalue weighted by Crippen LogP contribution is -2.04. The molecule has 0 atom stereocenters. The molecule has 0 saturated carbocycles. The molecule has 0 saturated heterocycles. The fourth-order valence-corrected chi connectivity index (χ4v) is 8.40. The number of rotatable bonds is 14. The summed E-state index contributed by atoms with van der Waals surface area (Å²) < 4.78 is 18.8. The monoisotopic (exact) mass is 898 g/mol. The molecule has 0 unspecified atom stereocenters. The Labute approximate surface area is 389 Å². The van der Waals surface area contributed by atoms with Gasteiger partial charge in [0.25, 0.3) is 0 Å². The van der Waals surface area contributed by atoms with E-state index in [9.17, 15) is 0 Å². The van der Waals surface area contributed by atoms with E-state index in [4.69, 9.17) is 8.83 Å². The maximum atomic E-state index is 5.56. The molecule has 16 heteroatoms. The van der Waals surface area contributed by atoms with Crippen LogP contribution in [-0.2, 0) is 39.3 Å². The van der Waals surface area contributed by atoms with Crippen LogP contribution in [0.2, 0.25) is 0 Å². The predicted molar refractivity (Wildman–Crippen MR) is 261 cm³/mol. The van der Waals surface area contributed by atoms with Crippen molar-refractivity contribution in [2.45, 2.75) is 53.1 Å². The molecule has 16 nitrogen and oxygen atoms in total. The molecule has 8 aromatic heterocycles. The van der Waals surface area contributed by atoms with Gasteiger partial charge in [-0.1, -0.05) is 54.6 Å². The summed E-state index contributed by atoms with van der Waals surface area (Å²) in [5.41, 5.74) is 12.6. The smallest absolute Gasteiger partial charge is 0.186 e. The molecule has 68 heavy (non-hydrogen) atoms. The summed E-state index contributed by atoms with van der Waals surface area (Å²) in [6, 6.07) is 33.2. The number of fused-ring (bicyclic) bond motifs is 4. The van der Waals surface area contributed by atoms with Crippen LogP contribution in [0.25, 0.3) is 44.0 Å². The molecule has 0 amide bonds. The van der Waals surface area contributed by atoms with Gasteiger partial charge in [-0.3, -0.25) is 18.7 Å². The van der Waals surface area contributed by atoms with Crippen LogP contribution in [-0.4, -0.2) is 59.1 Å². The van der Waals surface area contributed by atoms with E-state index in [-0.39, 0.29) is 0 Å². The van der Waals surface area contributed by atoms with E-state index in [1.165, 1.54) is 38.9 Å². The SMILES string of the molecule is Cc1cc2ccoc2cc1CNc1ncnc2nn(Cc3ccc(Cn4cccn4)cc3)cc12.Cc1ccc2occc2c1CNc1ncnc2nn(Cc3ccc(Cn4cccn4)cc3)cc12. The summed E-state index contributed by atoms with van der Waals surface area (Å²) in [5, 5.41) is 28.8. The minimum absolute atomic E-state index is 0.636. The Morgan fingerprint density at radius 2 is 1.03 bits per heavy atom. The van der Waals surface area contributed by atoms with Gasteiger partial charge in [0.05, 0.1) is 49.5 Å². The third-order valence-electron chi connectivity index (χ3n) is 12.0. The summed E-state index contributed by atoms with van der Waals surface area (Å²) in [6.45, 7) is 8.33. The van der Waals surface area contributed by atoms with Gasteiger partial charge in [0.2, 0.25) is 0 Å². The molecule has 12 aromatic rings. The van der Waals surface area contributed by atoms with E-state index in [0.29, 0.717) is 37.5 Å². The van der Waals surface area contributed by atoms with Crippen molar-refractivity contribution in [2.24, 2.45) is 0 Å². The Balaban J connectivity index is 0.000000149. The number of aromatic nitrogens is 12. The first-order valence-corrected chi connectivity index (χ1v) is 22.3. The Morgan fingerprint density at radius 1 is 0.500 bits per heavy atom. The van der Waals surface area contributed by atoms with E-state index in [0.717, 1.165) is 63.0 Å². The highest BCUT2D eigenvalue weighted by atomic mass is 16.3. The number of aryl methyl sites for hydroxylation is 2. The Bertz CT molecular complexity index is 3600. The average molecular weight is 899 g/mol. The van der Waals surface area contributed by atoms with Crippen LogP contribution in [0.15, 0.2) is 168 Å². The lowest BCUT2D eigenvalue weighted by molar-refractivity contribution is 0.615. The molecule has 0 spiro atoms. The summed E-state index contributed by atoms with van der Waals surface area (Å²) in [5.74, 6) is 1.54. The maximum absolute atomic E-state index is 5.56. The van der Waals surface area contributed by atoms with Crippen LogP contribution >= 0.6 is 0 Å². The molecule has 0 aliphatic carbocycles. The molecule has 0 aliphatic rings. The second-order valence-corrected chi connectivity index (χ2v) is 16.8. The van der Waals surface area contributed by atoms with Crippen LogP contribution < -0.4 is 10.6 Å². The van der Waals surface area contributed by atoms with Crippen molar-refractivity contribution in [3.63, 3.8) is 0 Å². The molecule has 8 heterocycles. The van der Waals surface area contributed by atoms with Gasteiger partial charge < -0.3 is 19.5 Å². The van der Waals surface area contributed by atoms with E-state index in [1.54, 1.807) is 37.6 Å². The highest BCUT2D eigenvalue weighted by Crippen LogP contribution is 2.27. The van der Waals surface area contributed by atoms with Crippen molar-refractivity contribution in [3.8, 4) is 0 Å². The van der Waals surface area contributed by atoms with E-state index >= 15 is 0 Å². The molecule has 0 bridgehead atoms. The largest absolute Gasteiger partial charge is 0.464 e. The van der Waals surface area contributed by atoms with Gasteiger partial charge in [0, 0.05) is 61.0 Å². The van der Waals surface area contributed by atoms with Gasteiger partial charge in [-0.25, -0.2) is 19.9 Å². The third kappa shape index (κ3) is 9.15. The van der Waals surface area contributed by atoms with Crippen molar-refractivity contribution in [1.29, 1.82) is 0 Å². The van der Waals surface area contributed by atoms with Crippen LogP contribution in [0.1, 0.15) is 44.5 Å². The van der Waals surface area contributed by atoms with Gasteiger partial charge in [0.1, 0.15) is 35.5 Å². The van der Waals surface area contributed by atoms with Crippen molar-refractivity contribution < 1.29 is 8.83 Å². The lowest BCUT2D eigenvalue weighted by Gasteiger charge is -2.10. The number of nitrogens with zero attached hydrogens (tertiary/aromatic N) is 12. The first kappa shape index (κ1) is 41.8. The fourth-order valence-electron chi connectivity index (χ4n) is 8.40. The standard InChI is InChI=1S/2C26H23N7O/c1-18-3-8-24-21(9-12-34-24)22(18)13-27-25-23-16-33(31-26(23)29-17-28-25)15-20-6-4-19(5-7-20)14-32-11-2-10-30-32;1-18-11-21-7-10-34-24(21)12-22(18)13-27-25-23-16-33(31-26(23)29-17-28-25)15-20-5-3-19(4-6-20)14-32-9-2-8-30-32/h2*2-12,16-17H,13-15H2,1H3,(H,27,28,29,31). The molecule has 2 N–H and O–H groups in total. The summed E-state index contributed by atoms with van der Waals surface area (Å²) in [7, 11) is 0. The summed E-state index contributed by atoms with van der Waals surface area (Å²) >= 11 is 0. The molecule has 4 aromatic carbocycles. The molecule has 336 valence electrons. The zero-order valence-corrected chi connectivity index (χ0v) is 37.4. The topological polar surface area (TPSA) is 173 Å². The zero-order chi connectivity index (χ0) is 45.8. The van der Waals surface area contributed by atoms with Crippen molar-refractivity contribution in [3.05, 3.63) is 204 Å². The number of anilines is 2. The third-order valence-corrected chi connectivity index (χ3v) is 12.0. The fraction of sp³-hybridized carbons (Fsp3) is 0.154. The second kappa shape index (κ2) is 18.5. The first-order valence-electron chi connectivity index (χ1n) is 22.3. The van der Waals surface area contributed by atoms with E-state index in [1.807, 2.05) is 73.8 Å². The number of benzene rings is 4. The van der Waals surface area contributed by atoms with Crippen LogP contribution in [0.5, 0.6) is 0 Å². The second-order valence-electron chi connectivity index (χ2n) is 16.8. The molecule has 0 fully saturated rings. The average Bonchev–Trinajstić information content (AvgIpc) is 4.22. The van der Waals surface area contributed by atoms with Crippen molar-refractivity contribution in [2.75, 3.05) is 10.6 Å².